The maximum atomic E-state index is 12.4. The van der Waals surface area contributed by atoms with Gasteiger partial charge in [0.2, 0.25) is 0 Å². The van der Waals surface area contributed by atoms with Gasteiger partial charge in [0.15, 0.2) is 0 Å². The fourth-order valence-corrected chi connectivity index (χ4v) is 2.83. The van der Waals surface area contributed by atoms with Crippen molar-refractivity contribution in [2.24, 2.45) is 0 Å². The number of hydrogen-bond donors (Lipinski definition) is 0. The van der Waals surface area contributed by atoms with Crippen molar-refractivity contribution in [3.8, 4) is 0 Å². The van der Waals surface area contributed by atoms with Crippen LogP contribution in [0, 0.1) is 0 Å². The summed E-state index contributed by atoms with van der Waals surface area (Å²) in [5, 5.41) is 0.506. The average molecular weight is 323 g/mol. The summed E-state index contributed by atoms with van der Waals surface area (Å²) in [6.45, 7) is 3.76. The topological polar surface area (TPSA) is 49.9 Å². The van der Waals surface area contributed by atoms with E-state index < -0.39 is 12.0 Å². The highest BCUT2D eigenvalue weighted by Gasteiger charge is 2.39. The lowest BCUT2D eigenvalue weighted by molar-refractivity contribution is -0.139. The highest BCUT2D eigenvalue weighted by atomic mass is 35.5. The van der Waals surface area contributed by atoms with Gasteiger partial charge in [0, 0.05) is 24.8 Å². The van der Waals surface area contributed by atoms with E-state index in [0.717, 1.165) is 0 Å². The smallest absolute Gasteiger partial charge is 0.338 e. The van der Waals surface area contributed by atoms with E-state index >= 15 is 0 Å². The maximum Gasteiger partial charge on any atom is 0.338 e. The summed E-state index contributed by atoms with van der Waals surface area (Å²) in [5.74, 6) is -0.434. The van der Waals surface area contributed by atoms with E-state index in [2.05, 4.69) is 0 Å². The van der Waals surface area contributed by atoms with Crippen LogP contribution in [0.1, 0.15) is 25.5 Å². The van der Waals surface area contributed by atoms with E-state index in [4.69, 9.17) is 16.3 Å². The molecule has 1 heterocycles. The van der Waals surface area contributed by atoms with Crippen molar-refractivity contribution < 1.29 is 14.3 Å². The quantitative estimate of drug-likeness (QED) is 0.803. The van der Waals surface area contributed by atoms with Gasteiger partial charge in [-0.1, -0.05) is 29.8 Å². The Morgan fingerprint density at radius 2 is 1.95 bits per heavy atom. The molecule has 6 heteroatoms. The first-order chi connectivity index (χ1) is 10.4. The van der Waals surface area contributed by atoms with Crippen LogP contribution in [-0.2, 0) is 9.53 Å². The first-order valence-corrected chi connectivity index (χ1v) is 7.40. The molecule has 22 heavy (non-hydrogen) atoms. The summed E-state index contributed by atoms with van der Waals surface area (Å²) in [4.78, 5) is 27.7. The molecule has 1 aromatic carbocycles. The number of carbonyl (C=O) groups excluding carboxylic acids is 2. The van der Waals surface area contributed by atoms with Crippen LogP contribution in [0.4, 0.5) is 4.79 Å². The molecule has 0 aliphatic carbocycles. The zero-order chi connectivity index (χ0) is 16.4. The summed E-state index contributed by atoms with van der Waals surface area (Å²) in [6.07, 6.45) is 0. The molecule has 2 rings (SSSR count). The van der Waals surface area contributed by atoms with Gasteiger partial charge >= 0.3 is 12.0 Å². The second-order valence-electron chi connectivity index (χ2n) is 5.10. The summed E-state index contributed by atoms with van der Waals surface area (Å²) in [7, 11) is 3.29. The summed E-state index contributed by atoms with van der Waals surface area (Å²) >= 11 is 6.28. The molecular formula is C16H19ClN2O3. The molecule has 0 aromatic heterocycles. The van der Waals surface area contributed by atoms with Crippen LogP contribution in [0.15, 0.2) is 35.5 Å². The highest BCUT2D eigenvalue weighted by molar-refractivity contribution is 6.31. The molecule has 1 aliphatic heterocycles. The van der Waals surface area contributed by atoms with Gasteiger partial charge in [0.05, 0.1) is 18.2 Å². The first kappa shape index (κ1) is 16.4. The van der Waals surface area contributed by atoms with Crippen LogP contribution in [0.2, 0.25) is 5.02 Å². The molecule has 0 N–H and O–H groups in total. The molecule has 1 aromatic rings. The number of carbonyl (C=O) groups is 2. The molecule has 0 saturated heterocycles. The molecule has 118 valence electrons. The number of benzene rings is 1. The summed E-state index contributed by atoms with van der Waals surface area (Å²) < 4.78 is 5.17. The number of ether oxygens (including phenoxy) is 1. The third-order valence-corrected chi connectivity index (χ3v) is 4.18. The van der Waals surface area contributed by atoms with Gasteiger partial charge in [-0.05, 0) is 25.5 Å². The Morgan fingerprint density at radius 3 is 2.55 bits per heavy atom. The van der Waals surface area contributed by atoms with E-state index in [1.54, 1.807) is 34.0 Å². The van der Waals surface area contributed by atoms with Crippen molar-refractivity contribution in [1.82, 2.24) is 9.80 Å². The highest BCUT2D eigenvalue weighted by Crippen LogP contribution is 2.38. The third-order valence-electron chi connectivity index (χ3n) is 3.84. The number of halogens is 1. The number of allylic oxidation sites excluding steroid dienone is 1. The number of likely N-dealkylation sites (N-methyl/N-ethyl adjacent to an activating group) is 1. The van der Waals surface area contributed by atoms with Crippen molar-refractivity contribution >= 4 is 23.6 Å². The molecular weight excluding hydrogens is 304 g/mol. The van der Waals surface area contributed by atoms with Crippen LogP contribution in [0.3, 0.4) is 0 Å². The minimum Gasteiger partial charge on any atom is -0.463 e. The molecule has 1 aliphatic rings. The normalized spacial score (nSPS) is 18.8. The second-order valence-corrected chi connectivity index (χ2v) is 5.50. The van der Waals surface area contributed by atoms with Crippen LogP contribution >= 0.6 is 11.6 Å². The molecule has 5 nitrogen and oxygen atoms in total. The van der Waals surface area contributed by atoms with E-state index in [0.29, 0.717) is 21.9 Å². The van der Waals surface area contributed by atoms with Crippen LogP contribution in [0.25, 0.3) is 0 Å². The number of hydrogen-bond acceptors (Lipinski definition) is 3. The zero-order valence-corrected chi connectivity index (χ0v) is 13.8. The number of esters is 1. The molecule has 0 radical (unpaired) electrons. The van der Waals surface area contributed by atoms with Crippen molar-refractivity contribution in [3.63, 3.8) is 0 Å². The number of nitrogens with zero attached hydrogens (tertiary/aromatic N) is 2. The summed E-state index contributed by atoms with van der Waals surface area (Å²) in [5.41, 5.74) is 1.71. The Hall–Kier alpha value is -2.01. The average Bonchev–Trinajstić information content (AvgIpc) is 2.49. The molecule has 2 amide bonds. The van der Waals surface area contributed by atoms with Crippen LogP contribution in [0.5, 0.6) is 0 Å². The molecule has 1 atom stereocenters. The zero-order valence-electron chi connectivity index (χ0n) is 13.1. The van der Waals surface area contributed by atoms with Gasteiger partial charge in [-0.2, -0.15) is 0 Å². The lowest BCUT2D eigenvalue weighted by Gasteiger charge is -2.39. The fourth-order valence-electron chi connectivity index (χ4n) is 2.59. The number of urea groups is 1. The van der Waals surface area contributed by atoms with Gasteiger partial charge in [0.1, 0.15) is 0 Å². The number of amides is 2. The predicted octanol–water partition coefficient (Wildman–Crippen LogP) is 3.22. The Bertz CT molecular complexity index is 642. The van der Waals surface area contributed by atoms with Gasteiger partial charge in [-0.25, -0.2) is 9.59 Å². The largest absolute Gasteiger partial charge is 0.463 e. The lowest BCUT2D eigenvalue weighted by Crippen LogP contribution is -2.47. The van der Waals surface area contributed by atoms with Crippen molar-refractivity contribution in [2.75, 3.05) is 20.7 Å². The number of rotatable bonds is 3. The Morgan fingerprint density at radius 1 is 1.32 bits per heavy atom. The van der Waals surface area contributed by atoms with E-state index in [-0.39, 0.29) is 12.6 Å². The van der Waals surface area contributed by atoms with Gasteiger partial charge in [-0.3, -0.25) is 0 Å². The predicted molar refractivity (Wildman–Crippen MR) is 84.4 cm³/mol. The minimum atomic E-state index is -0.559. The Labute approximate surface area is 135 Å². The lowest BCUT2D eigenvalue weighted by atomic mass is 9.93. The van der Waals surface area contributed by atoms with E-state index in [9.17, 15) is 9.59 Å². The van der Waals surface area contributed by atoms with Crippen LogP contribution < -0.4 is 0 Å². The van der Waals surface area contributed by atoms with Crippen molar-refractivity contribution in [2.45, 2.75) is 19.9 Å². The van der Waals surface area contributed by atoms with Gasteiger partial charge in [0.25, 0.3) is 0 Å². The molecule has 0 unspecified atom stereocenters. The van der Waals surface area contributed by atoms with Gasteiger partial charge in [-0.15, -0.1) is 0 Å². The molecule has 0 fully saturated rings. The molecule has 0 saturated carbocycles. The first-order valence-electron chi connectivity index (χ1n) is 7.03. The van der Waals surface area contributed by atoms with Crippen molar-refractivity contribution in [1.29, 1.82) is 0 Å². The standard InChI is InChI=1S/C16H19ClN2O3/c1-5-22-15(20)13-10(2)18(3)16(21)19(4)14(13)11-8-6-7-9-12(11)17/h6-9,14H,5H2,1-4H3/t14-/m1/s1. The second kappa shape index (κ2) is 6.40. The van der Waals surface area contributed by atoms with E-state index in [1.165, 1.54) is 9.80 Å². The SMILES string of the molecule is CCOC(=O)C1=C(C)N(C)C(=O)N(C)[C@@H]1c1ccccc1Cl. The summed E-state index contributed by atoms with van der Waals surface area (Å²) in [6, 6.07) is 6.44. The van der Waals surface area contributed by atoms with Crippen LogP contribution in [-0.4, -0.2) is 42.5 Å². The molecule has 0 bridgehead atoms. The molecule has 0 spiro atoms. The fraction of sp³-hybridized carbons (Fsp3) is 0.375. The third kappa shape index (κ3) is 2.68. The maximum absolute atomic E-state index is 12.4. The Kier molecular flexibility index (Phi) is 4.76. The van der Waals surface area contributed by atoms with Crippen molar-refractivity contribution in [3.05, 3.63) is 46.1 Å². The Balaban J connectivity index is 2.63. The van der Waals surface area contributed by atoms with E-state index in [1.807, 2.05) is 18.2 Å². The minimum absolute atomic E-state index is 0.199. The monoisotopic (exact) mass is 322 g/mol. The van der Waals surface area contributed by atoms with Gasteiger partial charge < -0.3 is 14.5 Å².